The highest BCUT2D eigenvalue weighted by Crippen LogP contribution is 2.16. The van der Waals surface area contributed by atoms with Crippen molar-refractivity contribution >= 4 is 34.2 Å². The van der Waals surface area contributed by atoms with Crippen LogP contribution < -0.4 is 5.32 Å². The zero-order valence-electron chi connectivity index (χ0n) is 11.3. The van der Waals surface area contributed by atoms with Crippen molar-refractivity contribution in [2.45, 2.75) is 11.5 Å². The van der Waals surface area contributed by atoms with Crippen LogP contribution in [0.15, 0.2) is 53.4 Å². The lowest BCUT2D eigenvalue weighted by Gasteiger charge is -2.09. The number of carbonyl (C=O) groups excluding carboxylic acids is 1. The number of rotatable bonds is 4. The molecule has 0 saturated carbocycles. The lowest BCUT2D eigenvalue weighted by atomic mass is 10.2. The summed E-state index contributed by atoms with van der Waals surface area (Å²) in [5.41, 5.74) is 1.28. The first-order valence-electron chi connectivity index (χ1n) is 6.17. The van der Waals surface area contributed by atoms with E-state index in [2.05, 4.69) is 5.32 Å². The minimum Gasteiger partial charge on any atom is -0.444 e. The molecule has 0 fully saturated rings. The van der Waals surface area contributed by atoms with E-state index in [1.165, 1.54) is 0 Å². The maximum Gasteiger partial charge on any atom is 0.411 e. The number of hydrogen-bond acceptors (Lipinski definition) is 3. The molecule has 0 saturated heterocycles. The van der Waals surface area contributed by atoms with Gasteiger partial charge in [-0.1, -0.05) is 35.9 Å². The highest BCUT2D eigenvalue weighted by atomic mass is 35.5. The van der Waals surface area contributed by atoms with Gasteiger partial charge in [0.2, 0.25) is 0 Å². The van der Waals surface area contributed by atoms with Crippen LogP contribution in [0.5, 0.6) is 0 Å². The smallest absolute Gasteiger partial charge is 0.411 e. The van der Waals surface area contributed by atoms with Crippen molar-refractivity contribution in [1.29, 1.82) is 0 Å². The van der Waals surface area contributed by atoms with Gasteiger partial charge in [-0.3, -0.25) is 9.53 Å². The molecule has 0 unspecified atom stereocenters. The van der Waals surface area contributed by atoms with E-state index >= 15 is 0 Å². The van der Waals surface area contributed by atoms with Crippen LogP contribution in [0.1, 0.15) is 5.56 Å². The second kappa shape index (κ2) is 7.24. The Labute approximate surface area is 130 Å². The van der Waals surface area contributed by atoms with E-state index in [4.69, 9.17) is 16.3 Å². The highest BCUT2D eigenvalue weighted by molar-refractivity contribution is 7.84. The maximum atomic E-state index is 11.7. The lowest BCUT2D eigenvalue weighted by molar-refractivity contribution is 0.154. The normalized spacial score (nSPS) is 11.7. The van der Waals surface area contributed by atoms with Crippen LogP contribution in [0, 0.1) is 0 Å². The van der Waals surface area contributed by atoms with Crippen LogP contribution in [0.2, 0.25) is 5.02 Å². The molecule has 2 rings (SSSR count). The van der Waals surface area contributed by atoms with Crippen LogP contribution in [-0.2, 0) is 22.1 Å². The fourth-order valence-corrected chi connectivity index (χ4v) is 2.72. The van der Waals surface area contributed by atoms with Gasteiger partial charge >= 0.3 is 6.09 Å². The van der Waals surface area contributed by atoms with Gasteiger partial charge < -0.3 is 4.74 Å². The fraction of sp³-hybridized carbons (Fsp3) is 0.133. The molecule has 0 radical (unpaired) electrons. The van der Waals surface area contributed by atoms with Crippen LogP contribution in [-0.4, -0.2) is 16.6 Å². The Hall–Kier alpha value is -1.85. The van der Waals surface area contributed by atoms with E-state index in [0.717, 1.165) is 5.56 Å². The summed E-state index contributed by atoms with van der Waals surface area (Å²) < 4.78 is 16.7. The van der Waals surface area contributed by atoms with E-state index in [9.17, 15) is 9.00 Å². The maximum absolute atomic E-state index is 11.7. The zero-order valence-corrected chi connectivity index (χ0v) is 12.9. The van der Waals surface area contributed by atoms with Crippen molar-refractivity contribution in [1.82, 2.24) is 0 Å². The largest absolute Gasteiger partial charge is 0.444 e. The molecule has 0 heterocycles. The number of hydrogen-bond donors (Lipinski definition) is 1. The molecule has 2 aromatic carbocycles. The second-order valence-corrected chi connectivity index (χ2v) is 6.06. The third-order valence-corrected chi connectivity index (χ3v) is 3.96. The molecule has 0 aliphatic heterocycles. The third kappa shape index (κ3) is 4.58. The zero-order chi connectivity index (χ0) is 15.2. The Morgan fingerprint density at radius 2 is 2.00 bits per heavy atom. The predicted molar refractivity (Wildman–Crippen MR) is 84.0 cm³/mol. The Kier molecular flexibility index (Phi) is 5.36. The quantitative estimate of drug-likeness (QED) is 0.930. The first-order valence-corrected chi connectivity index (χ1v) is 8.10. The fourth-order valence-electron chi connectivity index (χ4n) is 1.77. The van der Waals surface area contributed by atoms with Gasteiger partial charge in [0, 0.05) is 27.4 Å². The Bertz CT molecular complexity index is 675. The van der Waals surface area contributed by atoms with Gasteiger partial charge in [-0.05, 0) is 24.3 Å². The van der Waals surface area contributed by atoms with Crippen LogP contribution in [0.25, 0.3) is 0 Å². The van der Waals surface area contributed by atoms with Gasteiger partial charge in [0.1, 0.15) is 6.61 Å². The highest BCUT2D eigenvalue weighted by Gasteiger charge is 2.09. The van der Waals surface area contributed by atoms with Crippen molar-refractivity contribution in [2.24, 2.45) is 0 Å². The Balaban J connectivity index is 1.97. The van der Waals surface area contributed by atoms with Crippen molar-refractivity contribution in [3.63, 3.8) is 0 Å². The number of halogens is 1. The van der Waals surface area contributed by atoms with Crippen molar-refractivity contribution < 1.29 is 13.7 Å². The van der Waals surface area contributed by atoms with Crippen molar-refractivity contribution in [2.75, 3.05) is 11.6 Å². The molecule has 1 atom stereocenters. The van der Waals surface area contributed by atoms with Crippen molar-refractivity contribution in [3.8, 4) is 0 Å². The van der Waals surface area contributed by atoms with Gasteiger partial charge in [0.25, 0.3) is 0 Å². The third-order valence-electron chi connectivity index (χ3n) is 2.71. The Morgan fingerprint density at radius 1 is 1.24 bits per heavy atom. The molecular weight excluding hydrogens is 310 g/mol. The number of anilines is 1. The van der Waals surface area contributed by atoms with Crippen LogP contribution >= 0.6 is 11.6 Å². The number of ether oxygens (including phenoxy) is 1. The van der Waals surface area contributed by atoms with Gasteiger partial charge in [-0.2, -0.15) is 0 Å². The van der Waals surface area contributed by atoms with E-state index in [-0.39, 0.29) is 6.61 Å². The van der Waals surface area contributed by atoms with Gasteiger partial charge in [-0.15, -0.1) is 0 Å². The molecule has 1 N–H and O–H groups in total. The molecule has 0 aliphatic carbocycles. The summed E-state index contributed by atoms with van der Waals surface area (Å²) in [7, 11) is -1.13. The average Bonchev–Trinajstić information content (AvgIpc) is 2.45. The summed E-state index contributed by atoms with van der Waals surface area (Å²) in [6.07, 6.45) is 0.999. The summed E-state index contributed by atoms with van der Waals surface area (Å²) in [5, 5.41) is 3.11. The summed E-state index contributed by atoms with van der Waals surface area (Å²) in [5.74, 6) is 0. The van der Waals surface area contributed by atoms with E-state index < -0.39 is 16.9 Å². The molecule has 110 valence electrons. The molecule has 0 aromatic heterocycles. The minimum atomic E-state index is -1.13. The molecule has 4 nitrogen and oxygen atoms in total. The van der Waals surface area contributed by atoms with Crippen LogP contribution in [0.3, 0.4) is 0 Å². The van der Waals surface area contributed by atoms with E-state index in [1.807, 2.05) is 6.07 Å². The first kappa shape index (κ1) is 15.5. The van der Waals surface area contributed by atoms with Gasteiger partial charge in [-0.25, -0.2) is 4.79 Å². The number of carbonyl (C=O) groups is 1. The number of benzene rings is 2. The summed E-state index contributed by atoms with van der Waals surface area (Å²) in [4.78, 5) is 12.4. The van der Waals surface area contributed by atoms with Crippen molar-refractivity contribution in [3.05, 3.63) is 59.1 Å². The minimum absolute atomic E-state index is 0.0577. The summed E-state index contributed by atoms with van der Waals surface area (Å²) in [6, 6.07) is 13.9. The molecule has 6 heteroatoms. The topological polar surface area (TPSA) is 55.4 Å². The monoisotopic (exact) mass is 323 g/mol. The second-order valence-electron chi connectivity index (χ2n) is 4.27. The average molecular weight is 324 g/mol. The summed E-state index contributed by atoms with van der Waals surface area (Å²) >= 11 is 5.83. The molecule has 0 bridgehead atoms. The molecule has 21 heavy (non-hydrogen) atoms. The lowest BCUT2D eigenvalue weighted by Crippen LogP contribution is -2.14. The molecule has 0 aliphatic rings. The molecular formula is C15H14ClNO3S. The van der Waals surface area contributed by atoms with E-state index in [1.54, 1.807) is 48.7 Å². The number of nitrogens with one attached hydrogen (secondary N) is 1. The molecule has 1 amide bonds. The molecule has 0 spiro atoms. The predicted octanol–water partition coefficient (Wildman–Crippen LogP) is 3.83. The standard InChI is InChI=1S/C15H14ClNO3S/c1-21(19)14-8-3-2-5-11(14)10-20-15(18)17-13-7-4-6-12(16)9-13/h2-9H,10H2,1H3,(H,17,18)/t21-/m0/s1. The Morgan fingerprint density at radius 3 is 2.71 bits per heavy atom. The van der Waals surface area contributed by atoms with Gasteiger partial charge in [0.15, 0.2) is 0 Å². The van der Waals surface area contributed by atoms with Crippen LogP contribution in [0.4, 0.5) is 10.5 Å². The van der Waals surface area contributed by atoms with Gasteiger partial charge in [0.05, 0.1) is 10.8 Å². The number of amides is 1. The first-order chi connectivity index (χ1) is 10.1. The SMILES string of the molecule is C[S@](=O)c1ccccc1COC(=O)Nc1cccc(Cl)c1. The van der Waals surface area contributed by atoms with E-state index in [0.29, 0.717) is 15.6 Å². The molecule has 2 aromatic rings. The summed E-state index contributed by atoms with van der Waals surface area (Å²) in [6.45, 7) is 0.0577.